The van der Waals surface area contributed by atoms with Crippen LogP contribution in [0.4, 0.5) is 4.79 Å². The largest absolute Gasteiger partial charge is 0.362 e. The number of Topliss-reactive ketones (excluding diaryl/α,β-unsaturated/α-hetero) is 1. The van der Waals surface area contributed by atoms with E-state index < -0.39 is 11.6 Å². The number of aromatic nitrogens is 1. The van der Waals surface area contributed by atoms with Crippen molar-refractivity contribution in [2.45, 2.75) is 45.6 Å². The molecule has 0 saturated carbocycles. The lowest BCUT2D eigenvalue weighted by Crippen LogP contribution is -2.41. The first-order valence-corrected chi connectivity index (χ1v) is 9.25. The number of nitrogens with zero attached hydrogens (tertiary/aromatic N) is 1. The highest BCUT2D eigenvalue weighted by atomic mass is 16.2. The Hall–Kier alpha value is -2.89. The standard InChI is InChI=1S/C21H23N3O3/c1-12-9-17(13(2)22-12)18(25)11-24-19(26)21(3,23-20(24)27)16-8-7-14-5-4-6-15(14)10-16/h7-10,22H,4-6,11H2,1-3H3,(H,23,27). The summed E-state index contributed by atoms with van der Waals surface area (Å²) < 4.78 is 0. The van der Waals surface area contributed by atoms with Crippen LogP contribution in [0.1, 0.15) is 51.8 Å². The molecule has 1 aliphatic carbocycles. The van der Waals surface area contributed by atoms with Gasteiger partial charge in [0.1, 0.15) is 5.54 Å². The van der Waals surface area contributed by atoms with Crippen LogP contribution in [0.2, 0.25) is 0 Å². The first kappa shape index (κ1) is 17.5. The highest BCUT2D eigenvalue weighted by Crippen LogP contribution is 2.32. The molecule has 6 heteroatoms. The van der Waals surface area contributed by atoms with Crippen LogP contribution in [0.15, 0.2) is 24.3 Å². The van der Waals surface area contributed by atoms with E-state index in [1.165, 1.54) is 11.1 Å². The van der Waals surface area contributed by atoms with Gasteiger partial charge in [0.25, 0.3) is 5.91 Å². The number of benzene rings is 1. The van der Waals surface area contributed by atoms with Crippen LogP contribution < -0.4 is 5.32 Å². The van der Waals surface area contributed by atoms with Crippen molar-refractivity contribution in [1.82, 2.24) is 15.2 Å². The van der Waals surface area contributed by atoms with E-state index in [9.17, 15) is 14.4 Å². The lowest BCUT2D eigenvalue weighted by molar-refractivity contribution is -0.130. The maximum atomic E-state index is 13.1. The molecule has 1 aromatic heterocycles. The summed E-state index contributed by atoms with van der Waals surface area (Å²) in [5.41, 5.74) is 4.30. The number of nitrogens with one attached hydrogen (secondary N) is 2. The minimum atomic E-state index is -1.14. The molecule has 2 aliphatic rings. The van der Waals surface area contributed by atoms with Crippen LogP contribution in [-0.2, 0) is 23.2 Å². The molecular weight excluding hydrogens is 342 g/mol. The van der Waals surface area contributed by atoms with Crippen LogP contribution in [0.25, 0.3) is 0 Å². The van der Waals surface area contributed by atoms with E-state index in [-0.39, 0.29) is 18.2 Å². The second-order valence-electron chi connectivity index (χ2n) is 7.70. The summed E-state index contributed by atoms with van der Waals surface area (Å²) in [7, 11) is 0. The predicted molar refractivity (Wildman–Crippen MR) is 101 cm³/mol. The highest BCUT2D eigenvalue weighted by Gasteiger charge is 2.49. The van der Waals surface area contributed by atoms with E-state index in [2.05, 4.69) is 10.3 Å². The minimum absolute atomic E-state index is 0.251. The van der Waals surface area contributed by atoms with E-state index in [4.69, 9.17) is 0 Å². The third kappa shape index (κ3) is 2.76. The van der Waals surface area contributed by atoms with E-state index >= 15 is 0 Å². The number of aryl methyl sites for hydroxylation is 4. The normalized spacial score (nSPS) is 21.5. The third-order valence-electron chi connectivity index (χ3n) is 5.70. The molecular formula is C21H23N3O3. The first-order chi connectivity index (χ1) is 12.8. The van der Waals surface area contributed by atoms with Gasteiger partial charge in [0, 0.05) is 17.0 Å². The molecule has 0 bridgehead atoms. The lowest BCUT2D eigenvalue weighted by Gasteiger charge is -2.23. The molecule has 0 radical (unpaired) electrons. The van der Waals surface area contributed by atoms with Crippen LogP contribution in [-0.4, -0.2) is 34.2 Å². The second-order valence-corrected chi connectivity index (χ2v) is 7.70. The predicted octanol–water partition coefficient (Wildman–Crippen LogP) is 2.77. The molecule has 1 atom stereocenters. The van der Waals surface area contributed by atoms with Crippen molar-refractivity contribution in [3.8, 4) is 0 Å². The van der Waals surface area contributed by atoms with Crippen molar-refractivity contribution in [2.75, 3.05) is 6.54 Å². The van der Waals surface area contributed by atoms with Gasteiger partial charge in [0.2, 0.25) is 0 Å². The van der Waals surface area contributed by atoms with Gasteiger partial charge in [-0.1, -0.05) is 18.2 Å². The second kappa shape index (κ2) is 6.08. The van der Waals surface area contributed by atoms with Crippen molar-refractivity contribution in [3.63, 3.8) is 0 Å². The molecule has 1 saturated heterocycles. The summed E-state index contributed by atoms with van der Waals surface area (Å²) in [5.74, 6) is -0.637. The topological polar surface area (TPSA) is 82.3 Å². The van der Waals surface area contributed by atoms with Crippen molar-refractivity contribution in [2.24, 2.45) is 0 Å². The maximum Gasteiger partial charge on any atom is 0.325 e. The Morgan fingerprint density at radius 1 is 1.15 bits per heavy atom. The summed E-state index contributed by atoms with van der Waals surface area (Å²) in [5, 5.41) is 2.79. The molecule has 27 heavy (non-hydrogen) atoms. The van der Waals surface area contributed by atoms with E-state index in [1.54, 1.807) is 19.9 Å². The fourth-order valence-corrected chi connectivity index (χ4v) is 4.16. The van der Waals surface area contributed by atoms with Gasteiger partial charge in [-0.3, -0.25) is 14.5 Å². The van der Waals surface area contributed by atoms with E-state index in [0.717, 1.165) is 41.1 Å². The average molecular weight is 365 g/mol. The molecule has 2 aromatic rings. The number of imide groups is 1. The number of carbonyl (C=O) groups is 3. The SMILES string of the molecule is Cc1cc(C(=O)CN2C(=O)NC(C)(c3ccc4c(c3)CCC4)C2=O)c(C)[nH]1. The summed E-state index contributed by atoms with van der Waals surface area (Å²) in [6, 6.07) is 7.19. The molecule has 3 amide bonds. The molecule has 0 spiro atoms. The molecule has 2 N–H and O–H groups in total. The number of carbonyl (C=O) groups excluding carboxylic acids is 3. The Kier molecular flexibility index (Phi) is 3.94. The Bertz CT molecular complexity index is 975. The van der Waals surface area contributed by atoms with Crippen LogP contribution >= 0.6 is 0 Å². The van der Waals surface area contributed by atoms with Gasteiger partial charge in [0.15, 0.2) is 5.78 Å². The molecule has 1 fully saturated rings. The summed E-state index contributed by atoms with van der Waals surface area (Å²) in [6.45, 7) is 5.12. The molecule has 1 aliphatic heterocycles. The zero-order chi connectivity index (χ0) is 19.3. The van der Waals surface area contributed by atoms with Gasteiger partial charge in [-0.15, -0.1) is 0 Å². The average Bonchev–Trinajstić information content (AvgIpc) is 3.28. The number of amides is 3. The smallest absolute Gasteiger partial charge is 0.325 e. The van der Waals surface area contributed by atoms with Gasteiger partial charge < -0.3 is 10.3 Å². The summed E-state index contributed by atoms with van der Waals surface area (Å²) in [4.78, 5) is 42.3. The first-order valence-electron chi connectivity index (χ1n) is 9.25. The Balaban J connectivity index is 1.60. The fraction of sp³-hybridized carbons (Fsp3) is 0.381. The summed E-state index contributed by atoms with van der Waals surface area (Å²) in [6.07, 6.45) is 3.17. The number of urea groups is 1. The zero-order valence-electron chi connectivity index (χ0n) is 15.8. The molecule has 140 valence electrons. The van der Waals surface area contributed by atoms with Gasteiger partial charge >= 0.3 is 6.03 Å². The number of hydrogen-bond acceptors (Lipinski definition) is 3. The van der Waals surface area contributed by atoms with Crippen LogP contribution in [0.5, 0.6) is 0 Å². The minimum Gasteiger partial charge on any atom is -0.362 e. The van der Waals surface area contributed by atoms with E-state index in [0.29, 0.717) is 5.56 Å². The van der Waals surface area contributed by atoms with Gasteiger partial charge in [0.05, 0.1) is 6.54 Å². The molecule has 1 unspecified atom stereocenters. The third-order valence-corrected chi connectivity index (χ3v) is 5.70. The zero-order valence-corrected chi connectivity index (χ0v) is 15.8. The van der Waals surface area contributed by atoms with Gasteiger partial charge in [-0.05, 0) is 62.8 Å². The maximum absolute atomic E-state index is 13.1. The highest BCUT2D eigenvalue weighted by molar-refractivity contribution is 6.11. The van der Waals surface area contributed by atoms with Crippen molar-refractivity contribution < 1.29 is 14.4 Å². The number of fused-ring (bicyclic) bond motifs is 1. The van der Waals surface area contributed by atoms with Crippen molar-refractivity contribution in [1.29, 1.82) is 0 Å². The van der Waals surface area contributed by atoms with Crippen LogP contribution in [0, 0.1) is 13.8 Å². The van der Waals surface area contributed by atoms with Gasteiger partial charge in [-0.25, -0.2) is 4.79 Å². The molecule has 6 nitrogen and oxygen atoms in total. The quantitative estimate of drug-likeness (QED) is 0.646. The molecule has 1 aromatic carbocycles. The lowest BCUT2D eigenvalue weighted by atomic mass is 9.89. The van der Waals surface area contributed by atoms with Gasteiger partial charge in [-0.2, -0.15) is 0 Å². The summed E-state index contributed by atoms with van der Waals surface area (Å²) >= 11 is 0. The van der Waals surface area contributed by atoms with E-state index in [1.807, 2.05) is 25.1 Å². The number of hydrogen-bond donors (Lipinski definition) is 2. The number of rotatable bonds is 4. The monoisotopic (exact) mass is 365 g/mol. The van der Waals surface area contributed by atoms with Crippen molar-refractivity contribution >= 4 is 17.7 Å². The number of ketones is 1. The number of aromatic amines is 1. The Labute approximate surface area is 157 Å². The number of H-pyrrole nitrogens is 1. The van der Waals surface area contributed by atoms with Crippen molar-refractivity contribution in [3.05, 3.63) is 57.9 Å². The fourth-order valence-electron chi connectivity index (χ4n) is 4.16. The Morgan fingerprint density at radius 2 is 1.89 bits per heavy atom. The molecule has 2 heterocycles. The Morgan fingerprint density at radius 3 is 2.59 bits per heavy atom. The van der Waals surface area contributed by atoms with Crippen LogP contribution in [0.3, 0.4) is 0 Å². The molecule has 4 rings (SSSR count).